The van der Waals surface area contributed by atoms with Gasteiger partial charge in [0, 0.05) is 38.6 Å². The van der Waals surface area contributed by atoms with Crippen LogP contribution in [0.2, 0.25) is 0 Å². The minimum absolute atomic E-state index is 0.248. The van der Waals surface area contributed by atoms with Crippen LogP contribution >= 0.6 is 0 Å². The van der Waals surface area contributed by atoms with Crippen molar-refractivity contribution in [1.29, 1.82) is 5.26 Å². The van der Waals surface area contributed by atoms with Gasteiger partial charge in [0.05, 0.1) is 19.0 Å². The normalized spacial score (nSPS) is 21.8. The SMILES string of the molecule is N#CC1CN(CCCn2ccnc2)CCO1. The lowest BCUT2D eigenvalue weighted by Gasteiger charge is -2.29. The maximum atomic E-state index is 8.77. The summed E-state index contributed by atoms with van der Waals surface area (Å²) in [7, 11) is 0. The van der Waals surface area contributed by atoms with E-state index in [0.717, 1.165) is 32.6 Å². The van der Waals surface area contributed by atoms with Crippen LogP contribution in [-0.2, 0) is 11.3 Å². The summed E-state index contributed by atoms with van der Waals surface area (Å²) in [6.45, 7) is 4.33. The first kappa shape index (κ1) is 11.1. The number of hydrogen-bond donors (Lipinski definition) is 0. The molecule has 0 N–H and O–H groups in total. The molecule has 1 aromatic rings. The molecule has 16 heavy (non-hydrogen) atoms. The summed E-state index contributed by atoms with van der Waals surface area (Å²) in [5, 5.41) is 8.77. The Bertz CT molecular complexity index is 343. The third-order valence-electron chi connectivity index (χ3n) is 2.74. The Morgan fingerprint density at radius 1 is 1.50 bits per heavy atom. The Balaban J connectivity index is 1.68. The van der Waals surface area contributed by atoms with Crippen LogP contribution < -0.4 is 0 Å². The second-order valence-electron chi connectivity index (χ2n) is 3.94. The minimum atomic E-state index is -0.248. The number of nitriles is 1. The first-order valence-corrected chi connectivity index (χ1v) is 5.58. The number of aryl methyl sites for hydroxylation is 1. The van der Waals surface area contributed by atoms with E-state index in [2.05, 4.69) is 20.5 Å². The molecule has 2 rings (SSSR count). The molecule has 1 unspecified atom stereocenters. The van der Waals surface area contributed by atoms with Crippen molar-refractivity contribution in [3.8, 4) is 6.07 Å². The number of morpholine rings is 1. The monoisotopic (exact) mass is 220 g/mol. The molecular formula is C11H16N4O. The largest absolute Gasteiger partial charge is 0.361 e. The summed E-state index contributed by atoms with van der Waals surface area (Å²) in [5.74, 6) is 0. The van der Waals surface area contributed by atoms with Gasteiger partial charge in [0.15, 0.2) is 6.10 Å². The zero-order chi connectivity index (χ0) is 11.2. The van der Waals surface area contributed by atoms with Gasteiger partial charge in [-0.25, -0.2) is 4.98 Å². The molecular weight excluding hydrogens is 204 g/mol. The molecule has 0 amide bonds. The highest BCUT2D eigenvalue weighted by atomic mass is 16.5. The number of aromatic nitrogens is 2. The predicted octanol–water partition coefficient (Wildman–Crippen LogP) is 0.498. The maximum Gasteiger partial charge on any atom is 0.156 e. The quantitative estimate of drug-likeness (QED) is 0.741. The number of imidazole rings is 1. The molecule has 1 aliphatic rings. The third kappa shape index (κ3) is 3.05. The Morgan fingerprint density at radius 2 is 2.44 bits per heavy atom. The lowest BCUT2D eigenvalue weighted by molar-refractivity contribution is -0.000110. The van der Waals surface area contributed by atoms with Crippen molar-refractivity contribution in [3.05, 3.63) is 18.7 Å². The summed E-state index contributed by atoms with van der Waals surface area (Å²) < 4.78 is 7.36. The average Bonchev–Trinajstić information content (AvgIpc) is 2.82. The van der Waals surface area contributed by atoms with E-state index in [1.807, 2.05) is 12.5 Å². The molecule has 1 saturated heterocycles. The first-order chi connectivity index (χ1) is 7.88. The van der Waals surface area contributed by atoms with Crippen molar-refractivity contribution in [2.75, 3.05) is 26.2 Å². The van der Waals surface area contributed by atoms with Crippen LogP contribution in [0, 0.1) is 11.3 Å². The summed E-state index contributed by atoms with van der Waals surface area (Å²) >= 11 is 0. The molecule has 2 heterocycles. The number of rotatable bonds is 4. The molecule has 5 heteroatoms. The van der Waals surface area contributed by atoms with Crippen molar-refractivity contribution in [2.24, 2.45) is 0 Å². The van der Waals surface area contributed by atoms with E-state index in [9.17, 15) is 0 Å². The molecule has 5 nitrogen and oxygen atoms in total. The van der Waals surface area contributed by atoms with Crippen LogP contribution in [-0.4, -0.2) is 46.8 Å². The van der Waals surface area contributed by atoms with Crippen LogP contribution in [0.1, 0.15) is 6.42 Å². The van der Waals surface area contributed by atoms with Gasteiger partial charge in [-0.05, 0) is 6.42 Å². The topological polar surface area (TPSA) is 54.1 Å². The highest BCUT2D eigenvalue weighted by molar-refractivity contribution is 4.89. The van der Waals surface area contributed by atoms with E-state index in [4.69, 9.17) is 10.00 Å². The van der Waals surface area contributed by atoms with Crippen molar-refractivity contribution in [3.63, 3.8) is 0 Å². The van der Waals surface area contributed by atoms with Crippen LogP contribution in [0.15, 0.2) is 18.7 Å². The van der Waals surface area contributed by atoms with Gasteiger partial charge in [0.2, 0.25) is 0 Å². The highest BCUT2D eigenvalue weighted by Gasteiger charge is 2.18. The lowest BCUT2D eigenvalue weighted by atomic mass is 10.2. The van der Waals surface area contributed by atoms with E-state index < -0.39 is 0 Å². The van der Waals surface area contributed by atoms with Gasteiger partial charge in [-0.15, -0.1) is 0 Å². The van der Waals surface area contributed by atoms with E-state index in [1.165, 1.54) is 0 Å². The zero-order valence-electron chi connectivity index (χ0n) is 9.25. The Labute approximate surface area is 95.2 Å². The number of hydrogen-bond acceptors (Lipinski definition) is 4. The molecule has 86 valence electrons. The molecule has 1 aromatic heterocycles. The van der Waals surface area contributed by atoms with Gasteiger partial charge in [-0.1, -0.05) is 0 Å². The fraction of sp³-hybridized carbons (Fsp3) is 0.636. The van der Waals surface area contributed by atoms with E-state index in [-0.39, 0.29) is 6.10 Å². The van der Waals surface area contributed by atoms with Crippen molar-refractivity contribution >= 4 is 0 Å². The maximum absolute atomic E-state index is 8.77. The summed E-state index contributed by atoms with van der Waals surface area (Å²) in [6.07, 6.45) is 6.42. The molecule has 0 saturated carbocycles. The van der Waals surface area contributed by atoms with Gasteiger partial charge >= 0.3 is 0 Å². The second-order valence-corrected chi connectivity index (χ2v) is 3.94. The molecule has 0 aliphatic carbocycles. The Hall–Kier alpha value is -1.38. The van der Waals surface area contributed by atoms with Gasteiger partial charge < -0.3 is 9.30 Å². The highest BCUT2D eigenvalue weighted by Crippen LogP contribution is 2.05. The summed E-state index contributed by atoms with van der Waals surface area (Å²) in [6, 6.07) is 2.16. The fourth-order valence-corrected chi connectivity index (χ4v) is 1.88. The Morgan fingerprint density at radius 3 is 3.19 bits per heavy atom. The van der Waals surface area contributed by atoms with Gasteiger partial charge in [0.1, 0.15) is 0 Å². The van der Waals surface area contributed by atoms with Crippen LogP contribution in [0.4, 0.5) is 0 Å². The van der Waals surface area contributed by atoms with Crippen LogP contribution in [0.3, 0.4) is 0 Å². The van der Waals surface area contributed by atoms with E-state index in [1.54, 1.807) is 6.20 Å². The minimum Gasteiger partial charge on any atom is -0.361 e. The summed E-state index contributed by atoms with van der Waals surface area (Å²) in [4.78, 5) is 6.29. The molecule has 0 spiro atoms. The van der Waals surface area contributed by atoms with Gasteiger partial charge in [-0.2, -0.15) is 5.26 Å². The third-order valence-corrected chi connectivity index (χ3v) is 2.74. The predicted molar refractivity (Wildman–Crippen MR) is 58.6 cm³/mol. The average molecular weight is 220 g/mol. The van der Waals surface area contributed by atoms with Crippen LogP contribution in [0.5, 0.6) is 0 Å². The van der Waals surface area contributed by atoms with Crippen LogP contribution in [0.25, 0.3) is 0 Å². The van der Waals surface area contributed by atoms with E-state index >= 15 is 0 Å². The molecule has 0 bridgehead atoms. The van der Waals surface area contributed by atoms with Crippen molar-refractivity contribution in [1.82, 2.24) is 14.5 Å². The zero-order valence-corrected chi connectivity index (χ0v) is 9.25. The standard InChI is InChI=1S/C11H16N4O/c12-8-11-9-14(6-7-16-11)3-1-4-15-5-2-13-10-15/h2,5,10-11H,1,3-4,6-7,9H2. The molecule has 0 aromatic carbocycles. The molecule has 1 fully saturated rings. The molecule has 1 aliphatic heterocycles. The Kier molecular flexibility index (Phi) is 3.91. The fourth-order valence-electron chi connectivity index (χ4n) is 1.88. The summed E-state index contributed by atoms with van der Waals surface area (Å²) in [5.41, 5.74) is 0. The number of nitrogens with zero attached hydrogens (tertiary/aromatic N) is 4. The molecule has 0 radical (unpaired) electrons. The van der Waals surface area contributed by atoms with Crippen molar-refractivity contribution in [2.45, 2.75) is 19.1 Å². The molecule has 1 atom stereocenters. The van der Waals surface area contributed by atoms with E-state index in [0.29, 0.717) is 6.61 Å². The number of ether oxygens (including phenoxy) is 1. The van der Waals surface area contributed by atoms with Crippen molar-refractivity contribution < 1.29 is 4.74 Å². The lowest BCUT2D eigenvalue weighted by Crippen LogP contribution is -2.42. The second kappa shape index (κ2) is 5.64. The van der Waals surface area contributed by atoms with Gasteiger partial charge in [-0.3, -0.25) is 4.90 Å². The van der Waals surface area contributed by atoms with Gasteiger partial charge in [0.25, 0.3) is 0 Å². The smallest absolute Gasteiger partial charge is 0.156 e. The first-order valence-electron chi connectivity index (χ1n) is 5.58.